The summed E-state index contributed by atoms with van der Waals surface area (Å²) >= 11 is 1.99. The fourth-order valence-corrected chi connectivity index (χ4v) is 4.82. The number of hydrogen-bond donors (Lipinski definition) is 2. The van der Waals surface area contributed by atoms with Crippen LogP contribution in [0.1, 0.15) is 27.0 Å². The molecule has 5 amide bonds. The van der Waals surface area contributed by atoms with Crippen LogP contribution in [0.15, 0.2) is 60.2 Å². The van der Waals surface area contributed by atoms with Gasteiger partial charge in [-0.3, -0.25) is 19.7 Å². The van der Waals surface area contributed by atoms with Gasteiger partial charge in [0.1, 0.15) is 5.57 Å². The molecule has 3 aromatic rings. The van der Waals surface area contributed by atoms with E-state index in [0.29, 0.717) is 20.6 Å². The van der Waals surface area contributed by atoms with Crippen molar-refractivity contribution in [1.29, 1.82) is 0 Å². The summed E-state index contributed by atoms with van der Waals surface area (Å²) in [5.74, 6) is -2.10. The third kappa shape index (κ3) is 6.60. The molecule has 11 nitrogen and oxygen atoms in total. The molecule has 12 heteroatoms. The van der Waals surface area contributed by atoms with E-state index in [1.165, 1.54) is 50.6 Å². The van der Waals surface area contributed by atoms with Crippen LogP contribution in [0, 0.1) is 17.4 Å². The van der Waals surface area contributed by atoms with Crippen LogP contribution < -0.4 is 25.0 Å². The molecule has 0 unspecified atom stereocenters. The molecule has 3 aromatic carbocycles. The Hall–Kier alpha value is -4.72. The molecule has 1 aliphatic rings. The van der Waals surface area contributed by atoms with Crippen molar-refractivity contribution in [3.05, 3.63) is 86.0 Å². The molecule has 42 heavy (non-hydrogen) atoms. The number of carbonyl (C=O) groups is 5. The Bertz CT molecular complexity index is 1630. The van der Waals surface area contributed by atoms with Crippen molar-refractivity contribution in [1.82, 2.24) is 5.32 Å². The highest BCUT2D eigenvalue weighted by Gasteiger charge is 2.37. The van der Waals surface area contributed by atoms with Crippen LogP contribution in [0.4, 0.5) is 16.2 Å². The van der Waals surface area contributed by atoms with Gasteiger partial charge in [0.05, 0.1) is 29.0 Å². The van der Waals surface area contributed by atoms with Crippen molar-refractivity contribution in [2.75, 3.05) is 31.0 Å². The summed E-state index contributed by atoms with van der Waals surface area (Å²) in [6.45, 7) is 3.65. The molecule has 0 aliphatic carbocycles. The van der Waals surface area contributed by atoms with Crippen molar-refractivity contribution in [3.63, 3.8) is 0 Å². The molecule has 1 heterocycles. The average molecular weight is 683 g/mol. The minimum absolute atomic E-state index is 0.151. The zero-order valence-corrected chi connectivity index (χ0v) is 25.2. The Kier molecular flexibility index (Phi) is 9.25. The molecule has 1 fully saturated rings. The van der Waals surface area contributed by atoms with Gasteiger partial charge in [0.2, 0.25) is 0 Å². The number of benzene rings is 3. The number of halogens is 1. The van der Waals surface area contributed by atoms with Gasteiger partial charge in [0.25, 0.3) is 17.7 Å². The number of esters is 1. The van der Waals surface area contributed by atoms with E-state index < -0.39 is 23.8 Å². The van der Waals surface area contributed by atoms with Gasteiger partial charge in [-0.2, -0.15) is 0 Å². The highest BCUT2D eigenvalue weighted by Crippen LogP contribution is 2.35. The van der Waals surface area contributed by atoms with Crippen LogP contribution in [-0.4, -0.2) is 50.5 Å². The molecule has 1 aliphatic heterocycles. The number of urea groups is 1. The SMILES string of the molecule is COC(=O)c1ccc(N2C(=O)NC(=O)/C(=C/c3cc(I)c(OCC(=O)Nc4ccc(C)c(C)c4)c(OC)c3)C2=O)cc1. The summed E-state index contributed by atoms with van der Waals surface area (Å²) < 4.78 is 16.4. The first kappa shape index (κ1) is 30.2. The highest BCUT2D eigenvalue weighted by atomic mass is 127. The highest BCUT2D eigenvalue weighted by molar-refractivity contribution is 14.1. The van der Waals surface area contributed by atoms with Gasteiger partial charge in [-0.1, -0.05) is 6.07 Å². The molecule has 0 bridgehead atoms. The molecule has 0 radical (unpaired) electrons. The largest absolute Gasteiger partial charge is 0.493 e. The van der Waals surface area contributed by atoms with Gasteiger partial charge < -0.3 is 19.5 Å². The van der Waals surface area contributed by atoms with Crippen LogP contribution >= 0.6 is 22.6 Å². The first-order chi connectivity index (χ1) is 20.0. The van der Waals surface area contributed by atoms with Crippen LogP contribution in [0.2, 0.25) is 0 Å². The Morgan fingerprint density at radius 2 is 1.69 bits per heavy atom. The topological polar surface area (TPSA) is 140 Å². The van der Waals surface area contributed by atoms with E-state index in [-0.39, 0.29) is 35.1 Å². The number of hydrogen-bond acceptors (Lipinski definition) is 8. The quantitative estimate of drug-likeness (QED) is 0.154. The molecule has 0 aromatic heterocycles. The molecule has 1 saturated heterocycles. The van der Waals surface area contributed by atoms with Gasteiger partial charge in [0, 0.05) is 5.69 Å². The van der Waals surface area contributed by atoms with Crippen molar-refractivity contribution in [2.24, 2.45) is 0 Å². The Labute approximate surface area is 254 Å². The number of carbonyl (C=O) groups excluding carboxylic acids is 5. The van der Waals surface area contributed by atoms with Gasteiger partial charge in [0.15, 0.2) is 18.1 Å². The Balaban J connectivity index is 1.54. The zero-order valence-electron chi connectivity index (χ0n) is 23.1. The first-order valence-electron chi connectivity index (χ1n) is 12.5. The summed E-state index contributed by atoms with van der Waals surface area (Å²) in [5.41, 5.74) is 3.30. The number of amides is 5. The van der Waals surface area contributed by atoms with E-state index in [2.05, 4.69) is 15.4 Å². The van der Waals surface area contributed by atoms with Crippen LogP contribution in [0.25, 0.3) is 6.08 Å². The zero-order chi connectivity index (χ0) is 30.6. The minimum Gasteiger partial charge on any atom is -0.493 e. The third-order valence-electron chi connectivity index (χ3n) is 6.35. The Morgan fingerprint density at radius 3 is 2.33 bits per heavy atom. The summed E-state index contributed by atoms with van der Waals surface area (Å²) in [7, 11) is 2.65. The molecule has 2 N–H and O–H groups in total. The lowest BCUT2D eigenvalue weighted by molar-refractivity contribution is -0.122. The maximum atomic E-state index is 13.3. The summed E-state index contributed by atoms with van der Waals surface area (Å²) in [6, 6.07) is 13.4. The molecule has 0 atom stereocenters. The summed E-state index contributed by atoms with van der Waals surface area (Å²) in [4.78, 5) is 63.5. The van der Waals surface area contributed by atoms with Crippen LogP contribution in [0.5, 0.6) is 11.5 Å². The molecule has 0 saturated carbocycles. The van der Waals surface area contributed by atoms with E-state index in [1.54, 1.807) is 6.07 Å². The van der Waals surface area contributed by atoms with E-state index >= 15 is 0 Å². The number of ether oxygens (including phenoxy) is 3. The monoisotopic (exact) mass is 683 g/mol. The Morgan fingerprint density at radius 1 is 0.976 bits per heavy atom. The maximum Gasteiger partial charge on any atom is 0.337 e. The number of anilines is 2. The number of nitrogens with one attached hydrogen (secondary N) is 2. The van der Waals surface area contributed by atoms with Crippen LogP contribution in [-0.2, 0) is 19.1 Å². The predicted octanol–water partition coefficient (Wildman–Crippen LogP) is 4.39. The standard InChI is InChI=1S/C30H26IN3O8/c1-16-5-8-20(11-17(16)2)32-25(35)15-42-26-23(31)13-18(14-24(26)40-3)12-22-27(36)33-30(39)34(28(22)37)21-9-6-19(7-10-21)29(38)41-4/h5-14H,15H2,1-4H3,(H,32,35)(H,33,36,39)/b22-12-. The average Bonchev–Trinajstić information content (AvgIpc) is 2.96. The molecular formula is C30H26IN3O8. The van der Waals surface area contributed by atoms with E-state index in [0.717, 1.165) is 16.0 Å². The van der Waals surface area contributed by atoms with Gasteiger partial charge in [-0.15, -0.1) is 0 Å². The lowest BCUT2D eigenvalue weighted by Gasteiger charge is -2.26. The number of imide groups is 2. The lowest BCUT2D eigenvalue weighted by Crippen LogP contribution is -2.54. The lowest BCUT2D eigenvalue weighted by atomic mass is 10.1. The van der Waals surface area contributed by atoms with E-state index in [1.807, 2.05) is 54.6 Å². The van der Waals surface area contributed by atoms with Gasteiger partial charge in [-0.05, 0) is 108 Å². The van der Waals surface area contributed by atoms with Crippen LogP contribution in [0.3, 0.4) is 0 Å². The fraction of sp³-hybridized carbons (Fsp3) is 0.167. The van der Waals surface area contributed by atoms with E-state index in [4.69, 9.17) is 9.47 Å². The van der Waals surface area contributed by atoms with Gasteiger partial charge >= 0.3 is 12.0 Å². The third-order valence-corrected chi connectivity index (χ3v) is 7.15. The second-order valence-corrected chi connectivity index (χ2v) is 10.3. The molecule has 4 rings (SSSR count). The fourth-order valence-electron chi connectivity index (χ4n) is 4.04. The van der Waals surface area contributed by atoms with Crippen molar-refractivity contribution >= 4 is 69.8 Å². The van der Waals surface area contributed by atoms with Crippen molar-refractivity contribution < 1.29 is 38.2 Å². The number of aryl methyl sites for hydroxylation is 2. The number of nitrogens with zero attached hydrogens (tertiary/aromatic N) is 1. The minimum atomic E-state index is -0.928. The molecule has 0 spiro atoms. The van der Waals surface area contributed by atoms with Crippen molar-refractivity contribution in [2.45, 2.75) is 13.8 Å². The normalized spacial score (nSPS) is 14.0. The van der Waals surface area contributed by atoms with Crippen molar-refractivity contribution in [3.8, 4) is 11.5 Å². The number of barbiturate groups is 1. The summed E-state index contributed by atoms with van der Waals surface area (Å²) in [5, 5.41) is 4.95. The first-order valence-corrected chi connectivity index (χ1v) is 13.6. The van der Waals surface area contributed by atoms with E-state index in [9.17, 15) is 24.0 Å². The molecular weight excluding hydrogens is 657 g/mol. The predicted molar refractivity (Wildman–Crippen MR) is 163 cm³/mol. The maximum absolute atomic E-state index is 13.3. The number of rotatable bonds is 8. The molecule has 216 valence electrons. The van der Waals surface area contributed by atoms with Gasteiger partial charge in [-0.25, -0.2) is 14.5 Å². The number of methoxy groups -OCH3 is 2. The second kappa shape index (κ2) is 12.9. The second-order valence-electron chi connectivity index (χ2n) is 9.17. The smallest absolute Gasteiger partial charge is 0.337 e. The summed E-state index contributed by atoms with van der Waals surface area (Å²) in [6.07, 6.45) is 1.32.